The number of nitrogen functional groups attached to an aromatic ring is 4. The maximum Gasteiger partial charge on any atom is 0.192 e. The first-order valence-corrected chi connectivity index (χ1v) is 49.7. The van der Waals surface area contributed by atoms with Gasteiger partial charge in [0.1, 0.15) is 102 Å². The fourth-order valence-corrected chi connectivity index (χ4v) is 18.5. The number of aliphatic hydroxyl groups is 1. The maximum atomic E-state index is 9.52. The van der Waals surface area contributed by atoms with Crippen LogP contribution in [-0.4, -0.2) is 228 Å². The highest BCUT2D eigenvalue weighted by Gasteiger charge is 2.60. The summed E-state index contributed by atoms with van der Waals surface area (Å²) in [6, 6.07) is 0. The lowest BCUT2D eigenvalue weighted by atomic mass is 10.1. The minimum absolute atomic E-state index is 0.0173. The van der Waals surface area contributed by atoms with Gasteiger partial charge in [-0.05, 0) is 111 Å². The highest BCUT2D eigenvalue weighted by Crippen LogP contribution is 2.51. The number of nitrogens with two attached hydrogens (primary N) is 5. The molecule has 624 valence electrons. The van der Waals surface area contributed by atoms with Crippen molar-refractivity contribution in [1.29, 1.82) is 0 Å². The number of hydrogen-bond acceptors (Lipinski definition) is 32. The molecule has 8 aromatic rings. The van der Waals surface area contributed by atoms with Gasteiger partial charge in [-0.15, -0.1) is 0 Å². The van der Waals surface area contributed by atoms with Crippen LogP contribution in [0.4, 0.5) is 23.3 Å². The van der Waals surface area contributed by atoms with E-state index >= 15 is 0 Å². The van der Waals surface area contributed by atoms with Gasteiger partial charge < -0.3 is 89.4 Å². The molecule has 0 spiro atoms. The van der Waals surface area contributed by atoms with Crippen molar-refractivity contribution in [1.82, 2.24) is 78.1 Å². The van der Waals surface area contributed by atoms with Crippen LogP contribution in [0.5, 0.6) is 0 Å². The highest BCUT2D eigenvalue weighted by molar-refractivity contribution is 6.75. The third-order valence-electron chi connectivity index (χ3n) is 23.5. The van der Waals surface area contributed by atoms with E-state index in [1.807, 2.05) is 36.8 Å². The van der Waals surface area contributed by atoms with Gasteiger partial charge in [0.25, 0.3) is 0 Å². The molecule has 0 aliphatic carbocycles. The van der Waals surface area contributed by atoms with Crippen molar-refractivity contribution < 1.29 is 60.7 Å². The number of anilines is 4. The average molecular weight is 1660 g/mol. The van der Waals surface area contributed by atoms with E-state index in [0.717, 1.165) is 0 Å². The Morgan fingerprint density at radius 2 is 0.667 bits per heavy atom. The van der Waals surface area contributed by atoms with Crippen LogP contribution in [0.2, 0.25) is 72.5 Å². The number of imidazole rings is 4. The quantitative estimate of drug-likeness (QED) is 0.0201. The molecular formula is C70H115N27O13Si4. The van der Waals surface area contributed by atoms with Crippen LogP contribution in [0.25, 0.3) is 65.5 Å². The molecule has 4 unspecified atom stereocenters. The summed E-state index contributed by atoms with van der Waals surface area (Å²) < 4.78 is 83.8. The SMILES string of the molecule is CC(C)(C)[Si](C)(C)OC1[C@@H](CN)O[C@@H](n2cnc3c(N)ncnc32)[C@H]1O[Si](C)(C)C(C)(C)C.CC(C)(C)[Si](C)(C)OC1[C@@H](CN=[N+]=[N-])O[C@@H](n2cnc3c(N)ncnc32)[C@H]1O[Si](C)(C)C(C)(C)C.CC1(C)OC2[C@@H](CN=[N+]=[N-])O[C@@H](n3cnc4c(N)ncnc43)[C@H]2O1.CC1(C)OC2[C@@H](CO)O[C@@H](n3cnc4c(N)ncnc43)[C@H]2O1. The third-order valence-corrected chi connectivity index (χ3v) is 41.4. The molecule has 11 N–H and O–H groups in total. The molecule has 6 fully saturated rings. The first-order valence-electron chi connectivity index (χ1n) is 38.1. The number of fused-ring (bicyclic) bond motifs is 6. The highest BCUT2D eigenvalue weighted by atomic mass is 28.4. The zero-order chi connectivity index (χ0) is 83.8. The first kappa shape index (κ1) is 87.2. The van der Waals surface area contributed by atoms with Crippen LogP contribution in [0, 0.1) is 0 Å². The normalized spacial score (nSPS) is 27.7. The van der Waals surface area contributed by atoms with Gasteiger partial charge >= 0.3 is 0 Å². The second-order valence-corrected chi connectivity index (χ2v) is 55.4. The Balaban J connectivity index is 0.000000152. The summed E-state index contributed by atoms with van der Waals surface area (Å²) in [5, 5.41) is 17.0. The van der Waals surface area contributed by atoms with Crippen molar-refractivity contribution in [3.63, 3.8) is 0 Å². The van der Waals surface area contributed by atoms with Gasteiger partial charge in [0.05, 0.1) is 63.3 Å². The largest absolute Gasteiger partial charge is 0.408 e. The van der Waals surface area contributed by atoms with Crippen molar-refractivity contribution in [2.45, 2.75) is 293 Å². The summed E-state index contributed by atoms with van der Waals surface area (Å²) in [6.45, 7) is 52.2. The van der Waals surface area contributed by atoms with Gasteiger partial charge in [0.15, 0.2) is 116 Å². The van der Waals surface area contributed by atoms with Crippen molar-refractivity contribution in [3.8, 4) is 0 Å². The number of nitrogens with zero attached hydrogens (tertiary/aromatic N) is 22. The zero-order valence-corrected chi connectivity index (χ0v) is 73.8. The third kappa shape index (κ3) is 17.5. The van der Waals surface area contributed by atoms with Crippen LogP contribution in [0.1, 0.15) is 136 Å². The molecule has 0 saturated carbocycles. The molecule has 6 saturated heterocycles. The fourth-order valence-electron chi connectivity index (χ4n) is 13.3. The minimum atomic E-state index is -2.27. The predicted octanol–water partition coefficient (Wildman–Crippen LogP) is 10.4. The molecule has 114 heavy (non-hydrogen) atoms. The van der Waals surface area contributed by atoms with E-state index in [-0.39, 0.29) is 82.6 Å². The van der Waals surface area contributed by atoms with Crippen LogP contribution < -0.4 is 28.7 Å². The Kier molecular flexibility index (Phi) is 24.7. The monoisotopic (exact) mass is 1650 g/mol. The van der Waals surface area contributed by atoms with Gasteiger partial charge in [-0.1, -0.05) is 93.3 Å². The number of azide groups is 2. The first-order chi connectivity index (χ1) is 53.0. The molecule has 0 amide bonds. The summed E-state index contributed by atoms with van der Waals surface area (Å²) in [4.78, 5) is 56.5. The molecule has 16 atom stereocenters. The summed E-state index contributed by atoms with van der Waals surface area (Å²) in [5.74, 6) is -0.244. The molecule has 44 heteroatoms. The molecule has 0 aromatic carbocycles. The molecule has 14 heterocycles. The molecule has 14 rings (SSSR count). The smallest absolute Gasteiger partial charge is 0.192 e. The number of hydrogen-bond donors (Lipinski definition) is 6. The van der Waals surface area contributed by atoms with E-state index in [4.69, 9.17) is 95.3 Å². The summed E-state index contributed by atoms with van der Waals surface area (Å²) in [7, 11) is -8.83. The molecular weight excluding hydrogens is 1540 g/mol. The number of rotatable bonds is 18. The van der Waals surface area contributed by atoms with Crippen molar-refractivity contribution in [3.05, 3.63) is 71.5 Å². The van der Waals surface area contributed by atoms with Gasteiger partial charge in [-0.3, -0.25) is 18.3 Å². The minimum Gasteiger partial charge on any atom is -0.408 e. The average Bonchev–Trinajstić information content (AvgIpc) is 1.60. The predicted molar refractivity (Wildman–Crippen MR) is 435 cm³/mol. The van der Waals surface area contributed by atoms with Gasteiger partial charge in [-0.2, -0.15) is 0 Å². The van der Waals surface area contributed by atoms with Crippen molar-refractivity contribution in [2.75, 3.05) is 49.2 Å². The fraction of sp³-hybridized carbons (Fsp3) is 0.714. The van der Waals surface area contributed by atoms with Crippen molar-refractivity contribution in [2.24, 2.45) is 16.0 Å². The van der Waals surface area contributed by atoms with Crippen molar-refractivity contribution >= 4 is 101 Å². The number of ether oxygens (including phenoxy) is 8. The van der Waals surface area contributed by atoms with E-state index in [1.165, 1.54) is 25.3 Å². The molecule has 0 radical (unpaired) electrons. The molecule has 8 aromatic heterocycles. The van der Waals surface area contributed by atoms with E-state index in [2.05, 4.69) is 215 Å². The molecule has 0 bridgehead atoms. The maximum absolute atomic E-state index is 9.52. The standard InChI is InChI=1S/C22H40N8O3Si2.C22H42N6O3Si2.C13H16N8O3.C13H17N5O4/c1-21(2,3)34(7,8)32-16-14(11-28-29-24)31-20(17(16)33-35(9,10)22(4,5)6)30-13-27-15-18(23)25-12-26-19(15)30;1-21(2,3)32(7,8)30-16-14(11-23)29-20(17(16)31-33(9,10)22(4,5)6)28-13-27-15-18(24)25-12-26-19(15)28;1-13(2)23-8-6(3-19-20-15)22-12(9(8)24-13)21-5-18-7-10(14)16-4-17-11(7)21;1-13(2)21-8-6(3-19)20-12(9(8)22-13)18-5-17-7-10(14)15-4-16-11(7)18/h12-14,16-17,20H,11H2,1-10H3,(H2,23,25,26);12-14,16-17,20H,11,23H2,1-10H3,(H2,24,25,26);4-6,8-9,12H,3H2,1-2H3,(H2,14,16,17);4-6,8-9,12,19H,3H2,1-2H3,(H2,14,15,16)/t2*14-,16?,17+,20-;2*6-,8?,9+,12-/m1111/s1. The Labute approximate surface area is 666 Å². The van der Waals surface area contributed by atoms with E-state index < -0.39 is 100 Å². The second-order valence-electron chi connectivity index (χ2n) is 36.3. The summed E-state index contributed by atoms with van der Waals surface area (Å²) in [5.41, 5.74) is 51.9. The van der Waals surface area contributed by atoms with Crippen LogP contribution >= 0.6 is 0 Å². The Hall–Kier alpha value is -7.67. The lowest BCUT2D eigenvalue weighted by Gasteiger charge is -2.44. The lowest BCUT2D eigenvalue weighted by Crippen LogP contribution is -2.54. The van der Waals surface area contributed by atoms with E-state index in [9.17, 15) is 5.11 Å². The summed E-state index contributed by atoms with van der Waals surface area (Å²) >= 11 is 0. The van der Waals surface area contributed by atoms with Crippen LogP contribution in [-0.2, 0) is 55.6 Å². The van der Waals surface area contributed by atoms with E-state index in [0.29, 0.717) is 74.5 Å². The van der Waals surface area contributed by atoms with Gasteiger partial charge in [0, 0.05) is 16.4 Å². The van der Waals surface area contributed by atoms with E-state index in [1.54, 1.807) is 34.4 Å². The van der Waals surface area contributed by atoms with Gasteiger partial charge in [-0.25, -0.2) is 59.8 Å². The molecule has 40 nitrogen and oxygen atoms in total. The molecule has 6 aliphatic rings. The Bertz CT molecular complexity index is 4810. The molecule has 6 aliphatic heterocycles. The topological polar surface area (TPSA) is 533 Å². The lowest BCUT2D eigenvalue weighted by molar-refractivity contribution is -0.199. The van der Waals surface area contributed by atoms with Crippen LogP contribution in [0.15, 0.2) is 60.8 Å². The number of aliphatic hydroxyl groups excluding tert-OH is 1. The van der Waals surface area contributed by atoms with Gasteiger partial charge in [0.2, 0.25) is 0 Å². The van der Waals surface area contributed by atoms with Crippen LogP contribution in [0.3, 0.4) is 0 Å². The Morgan fingerprint density at radius 1 is 0.404 bits per heavy atom. The summed E-state index contributed by atoms with van der Waals surface area (Å²) in [6.07, 6.45) is 5.36. The number of aromatic nitrogens is 16. The zero-order valence-electron chi connectivity index (χ0n) is 69.8. The second kappa shape index (κ2) is 32.3. The Morgan fingerprint density at radius 3 is 0.974 bits per heavy atom.